The molecule has 2 fully saturated rings. The third-order valence-electron chi connectivity index (χ3n) is 8.06. The minimum atomic E-state index is -0.355. The summed E-state index contributed by atoms with van der Waals surface area (Å²) in [4.78, 5) is 39.8. The molecule has 2 N–H and O–H groups in total. The lowest BCUT2D eigenvalue weighted by atomic mass is 10.1. The van der Waals surface area contributed by atoms with Crippen LogP contribution in [0.2, 0.25) is 0 Å². The average Bonchev–Trinajstić information content (AvgIpc) is 3.64. The maximum atomic E-state index is 13.3. The van der Waals surface area contributed by atoms with Gasteiger partial charge in [0.15, 0.2) is 11.6 Å². The van der Waals surface area contributed by atoms with Crippen molar-refractivity contribution >= 4 is 28.9 Å². The molecule has 43 heavy (non-hydrogen) atoms. The minimum Gasteiger partial charge on any atom is -0.448 e. The van der Waals surface area contributed by atoms with Crippen molar-refractivity contribution in [2.24, 2.45) is 0 Å². The largest absolute Gasteiger partial charge is 0.448 e. The van der Waals surface area contributed by atoms with E-state index in [-0.39, 0.29) is 17.5 Å². The van der Waals surface area contributed by atoms with Gasteiger partial charge >= 0.3 is 0 Å². The van der Waals surface area contributed by atoms with Gasteiger partial charge in [-0.2, -0.15) is 5.10 Å². The highest BCUT2D eigenvalue weighted by atomic mass is 16.3. The molecule has 0 bridgehead atoms. The zero-order chi connectivity index (χ0) is 29.9. The number of nitrogens with zero attached hydrogens (tertiary/aromatic N) is 6. The molecule has 1 aliphatic heterocycles. The topological polar surface area (TPSA) is 121 Å². The number of benzene rings is 2. The lowest BCUT2D eigenvalue weighted by molar-refractivity contribution is 0.0951. The summed E-state index contributed by atoms with van der Waals surface area (Å²) in [6.45, 7) is 10.3. The Morgan fingerprint density at radius 2 is 1.67 bits per heavy atom. The Kier molecular flexibility index (Phi) is 8.13. The first-order valence-electron chi connectivity index (χ1n) is 15.0. The van der Waals surface area contributed by atoms with Crippen LogP contribution in [0.1, 0.15) is 69.1 Å². The van der Waals surface area contributed by atoms with Gasteiger partial charge in [0.2, 0.25) is 0 Å². The van der Waals surface area contributed by atoms with Gasteiger partial charge in [-0.1, -0.05) is 18.2 Å². The van der Waals surface area contributed by atoms with Crippen LogP contribution in [0.15, 0.2) is 53.1 Å². The Morgan fingerprint density at radius 3 is 2.37 bits per heavy atom. The summed E-state index contributed by atoms with van der Waals surface area (Å²) in [5.74, 6) is 1.97. The van der Waals surface area contributed by atoms with Crippen molar-refractivity contribution in [3.63, 3.8) is 0 Å². The predicted octanol–water partition coefficient (Wildman–Crippen LogP) is 4.47. The molecule has 2 aromatic heterocycles. The first kappa shape index (κ1) is 28.4. The lowest BCUT2D eigenvalue weighted by Crippen LogP contribution is -2.47. The van der Waals surface area contributed by atoms with Gasteiger partial charge in [0.1, 0.15) is 17.9 Å². The Balaban J connectivity index is 1.16. The number of amides is 2. The summed E-state index contributed by atoms with van der Waals surface area (Å²) in [7, 11) is 0. The van der Waals surface area contributed by atoms with Crippen molar-refractivity contribution < 1.29 is 14.0 Å². The molecule has 2 aromatic carbocycles. The van der Waals surface area contributed by atoms with E-state index in [1.807, 2.05) is 30.7 Å². The van der Waals surface area contributed by atoms with Crippen LogP contribution >= 0.6 is 0 Å². The highest BCUT2D eigenvalue weighted by Gasteiger charge is 2.30. The standard InChI is InChI=1S/C32H38N8O3/c1-21-7-4-5-8-28(21)38-15-17-39(18-16-38)29-12-11-25(30(41)33-13-6-14-40-23(3)34-22(2)37-40)19-26(29)35-31(42)27-20-43-32(36-27)24-9-10-24/h4-5,7-8,11-12,19-20,24H,6,9-10,13-18H2,1-3H3,(H,33,41)(H,35,42). The molecule has 1 saturated carbocycles. The van der Waals surface area contributed by atoms with E-state index < -0.39 is 0 Å². The van der Waals surface area contributed by atoms with Gasteiger partial charge in [-0.05, 0) is 69.9 Å². The van der Waals surface area contributed by atoms with E-state index in [2.05, 4.69) is 66.7 Å². The van der Waals surface area contributed by atoms with Crippen molar-refractivity contribution in [3.05, 3.63) is 83.1 Å². The summed E-state index contributed by atoms with van der Waals surface area (Å²) >= 11 is 0. The predicted molar refractivity (Wildman–Crippen MR) is 165 cm³/mol. The normalized spacial score (nSPS) is 15.0. The van der Waals surface area contributed by atoms with Crippen molar-refractivity contribution in [2.75, 3.05) is 47.8 Å². The second-order valence-corrected chi connectivity index (χ2v) is 11.3. The van der Waals surface area contributed by atoms with Crippen LogP contribution in [-0.2, 0) is 6.54 Å². The molecule has 1 saturated heterocycles. The number of aryl methyl sites for hydroxylation is 4. The molecule has 0 unspecified atom stereocenters. The molecular weight excluding hydrogens is 544 g/mol. The molecule has 3 heterocycles. The van der Waals surface area contributed by atoms with Crippen molar-refractivity contribution in [2.45, 2.75) is 52.5 Å². The van der Waals surface area contributed by atoms with Crippen molar-refractivity contribution in [3.8, 4) is 0 Å². The Hall–Kier alpha value is -4.67. The third-order valence-corrected chi connectivity index (χ3v) is 8.06. The van der Waals surface area contributed by atoms with Crippen LogP contribution in [0, 0.1) is 20.8 Å². The third kappa shape index (κ3) is 6.55. The monoisotopic (exact) mass is 582 g/mol. The fraction of sp³-hybridized carbons (Fsp3) is 0.406. The summed E-state index contributed by atoms with van der Waals surface area (Å²) in [5, 5.41) is 10.4. The highest BCUT2D eigenvalue weighted by Crippen LogP contribution is 2.39. The number of anilines is 3. The molecular formula is C32H38N8O3. The first-order chi connectivity index (χ1) is 20.9. The summed E-state index contributed by atoms with van der Waals surface area (Å²) in [5.41, 5.74) is 4.66. The van der Waals surface area contributed by atoms with E-state index in [1.165, 1.54) is 17.5 Å². The summed E-state index contributed by atoms with van der Waals surface area (Å²) in [6.07, 6.45) is 4.21. The molecule has 6 rings (SSSR count). The number of hydrogen-bond acceptors (Lipinski definition) is 8. The number of carbonyl (C=O) groups is 2. The highest BCUT2D eigenvalue weighted by molar-refractivity contribution is 6.06. The number of carbonyl (C=O) groups excluding carboxylic acids is 2. The molecule has 11 nitrogen and oxygen atoms in total. The van der Waals surface area contributed by atoms with Crippen LogP contribution in [0.5, 0.6) is 0 Å². The Morgan fingerprint density at radius 1 is 0.930 bits per heavy atom. The van der Waals surface area contributed by atoms with Crippen LogP contribution in [0.25, 0.3) is 0 Å². The summed E-state index contributed by atoms with van der Waals surface area (Å²) in [6, 6.07) is 13.9. The van der Waals surface area contributed by atoms with Gasteiger partial charge in [0, 0.05) is 56.4 Å². The maximum absolute atomic E-state index is 13.3. The first-order valence-corrected chi connectivity index (χ1v) is 15.0. The molecule has 1 aliphatic carbocycles. The maximum Gasteiger partial charge on any atom is 0.277 e. The zero-order valence-corrected chi connectivity index (χ0v) is 25.0. The van der Waals surface area contributed by atoms with Gasteiger partial charge in [0.05, 0.1) is 11.4 Å². The number of oxazole rings is 1. The van der Waals surface area contributed by atoms with Crippen molar-refractivity contribution in [1.82, 2.24) is 25.1 Å². The second kappa shape index (κ2) is 12.3. The number of para-hydroxylation sites is 1. The van der Waals surface area contributed by atoms with Gasteiger partial charge in [0.25, 0.3) is 11.8 Å². The lowest BCUT2D eigenvalue weighted by Gasteiger charge is -2.38. The van der Waals surface area contributed by atoms with E-state index in [9.17, 15) is 9.59 Å². The van der Waals surface area contributed by atoms with E-state index in [0.717, 1.165) is 62.8 Å². The van der Waals surface area contributed by atoms with E-state index in [1.54, 1.807) is 6.07 Å². The van der Waals surface area contributed by atoms with Crippen molar-refractivity contribution in [1.29, 1.82) is 0 Å². The van der Waals surface area contributed by atoms with Gasteiger partial charge < -0.3 is 24.9 Å². The number of piperazine rings is 1. The molecule has 2 aliphatic rings. The zero-order valence-electron chi connectivity index (χ0n) is 25.0. The van der Waals surface area contributed by atoms with Crippen LogP contribution in [0.4, 0.5) is 17.1 Å². The van der Waals surface area contributed by atoms with E-state index >= 15 is 0 Å². The SMILES string of the molecule is Cc1nc(C)n(CCCNC(=O)c2ccc(N3CCN(c4ccccc4C)CC3)c(NC(=O)c3coc(C4CC4)n3)c2)n1. The molecule has 0 radical (unpaired) electrons. The molecule has 11 heteroatoms. The van der Waals surface area contributed by atoms with Crippen LogP contribution in [0.3, 0.4) is 0 Å². The number of aromatic nitrogens is 4. The molecule has 4 aromatic rings. The average molecular weight is 583 g/mol. The smallest absolute Gasteiger partial charge is 0.277 e. The molecule has 0 spiro atoms. The van der Waals surface area contributed by atoms with Crippen LogP contribution in [-0.4, -0.2) is 64.3 Å². The number of hydrogen-bond donors (Lipinski definition) is 2. The van der Waals surface area contributed by atoms with Gasteiger partial charge in [-0.15, -0.1) is 0 Å². The summed E-state index contributed by atoms with van der Waals surface area (Å²) < 4.78 is 7.40. The molecule has 0 atom stereocenters. The van der Waals surface area contributed by atoms with Crippen LogP contribution < -0.4 is 20.4 Å². The van der Waals surface area contributed by atoms with Gasteiger partial charge in [-0.3, -0.25) is 14.3 Å². The number of nitrogens with one attached hydrogen (secondary N) is 2. The second-order valence-electron chi connectivity index (χ2n) is 11.3. The van der Waals surface area contributed by atoms with E-state index in [4.69, 9.17) is 4.42 Å². The molecule has 2 amide bonds. The Labute approximate surface area is 251 Å². The number of rotatable bonds is 10. The quantitative estimate of drug-likeness (QED) is 0.263. The molecule has 224 valence electrons. The fourth-order valence-corrected chi connectivity index (χ4v) is 5.56. The van der Waals surface area contributed by atoms with Gasteiger partial charge in [-0.25, -0.2) is 9.97 Å². The Bertz CT molecular complexity index is 1610. The minimum absolute atomic E-state index is 0.199. The fourth-order valence-electron chi connectivity index (χ4n) is 5.56. The van der Waals surface area contributed by atoms with E-state index in [0.29, 0.717) is 36.1 Å².